The lowest BCUT2D eigenvalue weighted by molar-refractivity contribution is -0.140. The van der Waals surface area contributed by atoms with E-state index in [1.807, 2.05) is 6.92 Å². The summed E-state index contributed by atoms with van der Waals surface area (Å²) in [5.74, 6) is -0.0861. The van der Waals surface area contributed by atoms with Crippen LogP contribution in [-0.2, 0) is 19.1 Å². The van der Waals surface area contributed by atoms with Gasteiger partial charge in [-0.25, -0.2) is 4.98 Å². The average molecular weight is 282 g/mol. The first kappa shape index (κ1) is 15.7. The van der Waals surface area contributed by atoms with Gasteiger partial charge in [-0.1, -0.05) is 0 Å². The van der Waals surface area contributed by atoms with Crippen molar-refractivity contribution in [2.45, 2.75) is 6.92 Å². The van der Waals surface area contributed by atoms with Gasteiger partial charge in [0.25, 0.3) is 0 Å². The van der Waals surface area contributed by atoms with Crippen LogP contribution in [0.25, 0.3) is 0 Å². The molecular formula is C13H18N2O5. The summed E-state index contributed by atoms with van der Waals surface area (Å²) in [5, 5.41) is 0. The topological polar surface area (TPSA) is 78.0 Å². The van der Waals surface area contributed by atoms with Crippen LogP contribution in [0.3, 0.4) is 0 Å². The first-order valence-electron chi connectivity index (χ1n) is 6.08. The standard InChI is InChI=1S/C13H18N2O5/c1-4-20-10-6-5-7-14-13(10)15(8-11(16)18-2)9-12(17)19-3/h5-7H,4,8-9H2,1-3H3. The number of nitrogens with zero attached hydrogens (tertiary/aromatic N) is 2. The molecule has 0 bridgehead atoms. The molecule has 0 spiro atoms. The second-order valence-electron chi connectivity index (χ2n) is 3.77. The van der Waals surface area contributed by atoms with Crippen LogP contribution < -0.4 is 9.64 Å². The van der Waals surface area contributed by atoms with Crippen LogP contribution >= 0.6 is 0 Å². The molecule has 0 amide bonds. The summed E-state index contributed by atoms with van der Waals surface area (Å²) in [6, 6.07) is 3.43. The lowest BCUT2D eigenvalue weighted by Crippen LogP contribution is -2.36. The highest BCUT2D eigenvalue weighted by Crippen LogP contribution is 2.25. The molecule has 7 heteroatoms. The minimum atomic E-state index is -0.484. The molecule has 0 atom stereocenters. The van der Waals surface area contributed by atoms with E-state index in [4.69, 9.17) is 4.74 Å². The Morgan fingerprint density at radius 3 is 2.30 bits per heavy atom. The fourth-order valence-electron chi connectivity index (χ4n) is 1.53. The quantitative estimate of drug-likeness (QED) is 0.679. The van der Waals surface area contributed by atoms with Crippen LogP contribution in [0.15, 0.2) is 18.3 Å². The molecule has 0 unspecified atom stereocenters. The summed E-state index contributed by atoms with van der Waals surface area (Å²) in [6.45, 7) is 2.04. The summed E-state index contributed by atoms with van der Waals surface area (Å²) in [4.78, 5) is 28.5. The molecular weight excluding hydrogens is 264 g/mol. The van der Waals surface area contributed by atoms with Crippen LogP contribution in [0.4, 0.5) is 5.82 Å². The lowest BCUT2D eigenvalue weighted by atomic mass is 10.3. The molecule has 1 aromatic rings. The zero-order valence-corrected chi connectivity index (χ0v) is 11.8. The molecule has 0 aliphatic rings. The third kappa shape index (κ3) is 4.42. The number of hydrogen-bond acceptors (Lipinski definition) is 7. The van der Waals surface area contributed by atoms with Crippen molar-refractivity contribution < 1.29 is 23.8 Å². The smallest absolute Gasteiger partial charge is 0.325 e. The first-order chi connectivity index (χ1) is 9.62. The molecule has 20 heavy (non-hydrogen) atoms. The maximum Gasteiger partial charge on any atom is 0.325 e. The first-order valence-corrected chi connectivity index (χ1v) is 6.08. The highest BCUT2D eigenvalue weighted by Gasteiger charge is 2.20. The summed E-state index contributed by atoms with van der Waals surface area (Å²) in [7, 11) is 2.56. The van der Waals surface area contributed by atoms with E-state index in [0.29, 0.717) is 18.2 Å². The Morgan fingerprint density at radius 2 is 1.80 bits per heavy atom. The summed E-state index contributed by atoms with van der Waals surface area (Å²) >= 11 is 0. The minimum absolute atomic E-state index is 0.122. The van der Waals surface area contributed by atoms with E-state index in [0.717, 1.165) is 0 Å². The van der Waals surface area contributed by atoms with Gasteiger partial charge in [0.05, 0.1) is 20.8 Å². The van der Waals surface area contributed by atoms with Gasteiger partial charge >= 0.3 is 11.9 Å². The number of ether oxygens (including phenoxy) is 3. The summed E-state index contributed by atoms with van der Waals surface area (Å²) < 4.78 is 14.7. The highest BCUT2D eigenvalue weighted by molar-refractivity contribution is 5.81. The number of aromatic nitrogens is 1. The third-order valence-corrected chi connectivity index (χ3v) is 2.45. The predicted octanol–water partition coefficient (Wildman–Crippen LogP) is 0.633. The Kier molecular flexibility index (Phi) is 6.28. The average Bonchev–Trinajstić information content (AvgIpc) is 2.47. The normalized spacial score (nSPS) is 9.75. The molecule has 0 fully saturated rings. The van der Waals surface area contributed by atoms with Crippen LogP contribution in [0.1, 0.15) is 6.92 Å². The number of pyridine rings is 1. The zero-order valence-electron chi connectivity index (χ0n) is 11.8. The van der Waals surface area contributed by atoms with E-state index in [2.05, 4.69) is 14.5 Å². The zero-order chi connectivity index (χ0) is 15.0. The third-order valence-electron chi connectivity index (χ3n) is 2.45. The minimum Gasteiger partial charge on any atom is -0.490 e. The monoisotopic (exact) mass is 282 g/mol. The number of methoxy groups -OCH3 is 2. The van der Waals surface area contributed by atoms with Gasteiger partial charge in [-0.3, -0.25) is 9.59 Å². The predicted molar refractivity (Wildman–Crippen MR) is 71.7 cm³/mol. The molecule has 0 aliphatic carbocycles. The highest BCUT2D eigenvalue weighted by atomic mass is 16.5. The van der Waals surface area contributed by atoms with E-state index in [1.54, 1.807) is 18.3 Å². The largest absolute Gasteiger partial charge is 0.490 e. The molecule has 1 rings (SSSR count). The van der Waals surface area contributed by atoms with Crippen molar-refractivity contribution in [2.24, 2.45) is 0 Å². The van der Waals surface area contributed by atoms with E-state index in [-0.39, 0.29) is 13.1 Å². The maximum atomic E-state index is 11.4. The van der Waals surface area contributed by atoms with Crippen molar-refractivity contribution in [3.63, 3.8) is 0 Å². The van der Waals surface area contributed by atoms with Gasteiger partial charge in [0, 0.05) is 6.20 Å². The maximum absolute atomic E-state index is 11.4. The fraction of sp³-hybridized carbons (Fsp3) is 0.462. The molecule has 0 saturated heterocycles. The Morgan fingerprint density at radius 1 is 1.20 bits per heavy atom. The number of rotatable bonds is 7. The van der Waals surface area contributed by atoms with E-state index in [9.17, 15) is 9.59 Å². The van der Waals surface area contributed by atoms with Crippen molar-refractivity contribution in [3.8, 4) is 5.75 Å². The Bertz CT molecular complexity index is 446. The number of esters is 2. The number of anilines is 1. The van der Waals surface area contributed by atoms with Crippen molar-refractivity contribution in [2.75, 3.05) is 38.8 Å². The van der Waals surface area contributed by atoms with Gasteiger partial charge in [-0.15, -0.1) is 0 Å². The fourth-order valence-corrected chi connectivity index (χ4v) is 1.53. The van der Waals surface area contributed by atoms with Crippen molar-refractivity contribution in [1.29, 1.82) is 0 Å². The van der Waals surface area contributed by atoms with E-state index >= 15 is 0 Å². The van der Waals surface area contributed by atoms with Gasteiger partial charge in [0.15, 0.2) is 11.6 Å². The van der Waals surface area contributed by atoms with Gasteiger partial charge in [-0.05, 0) is 19.1 Å². The number of carbonyl (C=O) groups is 2. The van der Waals surface area contributed by atoms with E-state index < -0.39 is 11.9 Å². The van der Waals surface area contributed by atoms with Crippen LogP contribution in [0, 0.1) is 0 Å². The SMILES string of the molecule is CCOc1cccnc1N(CC(=O)OC)CC(=O)OC. The van der Waals surface area contributed by atoms with E-state index in [1.165, 1.54) is 19.1 Å². The van der Waals surface area contributed by atoms with Gasteiger partial charge in [0.1, 0.15) is 13.1 Å². The second-order valence-corrected chi connectivity index (χ2v) is 3.77. The molecule has 0 aliphatic heterocycles. The molecule has 1 aromatic heterocycles. The second kappa shape index (κ2) is 7.98. The van der Waals surface area contributed by atoms with Gasteiger partial charge in [0.2, 0.25) is 0 Å². The van der Waals surface area contributed by atoms with Crippen molar-refractivity contribution in [1.82, 2.24) is 4.98 Å². The van der Waals surface area contributed by atoms with Gasteiger partial charge < -0.3 is 19.1 Å². The lowest BCUT2D eigenvalue weighted by Gasteiger charge is -2.23. The summed E-state index contributed by atoms with van der Waals surface area (Å²) in [6.07, 6.45) is 1.55. The molecule has 7 nitrogen and oxygen atoms in total. The molecule has 0 saturated carbocycles. The Hall–Kier alpha value is -2.31. The molecule has 110 valence electrons. The van der Waals surface area contributed by atoms with Crippen LogP contribution in [0.5, 0.6) is 5.75 Å². The molecule has 0 N–H and O–H groups in total. The van der Waals surface area contributed by atoms with Gasteiger partial charge in [-0.2, -0.15) is 0 Å². The number of carbonyl (C=O) groups excluding carboxylic acids is 2. The Balaban J connectivity index is 3.02. The Labute approximate surface area is 117 Å². The van der Waals surface area contributed by atoms with Crippen molar-refractivity contribution in [3.05, 3.63) is 18.3 Å². The summed E-state index contributed by atoms with van der Waals surface area (Å²) in [5.41, 5.74) is 0. The number of hydrogen-bond donors (Lipinski definition) is 0. The van der Waals surface area contributed by atoms with Crippen molar-refractivity contribution >= 4 is 17.8 Å². The molecule has 0 radical (unpaired) electrons. The molecule has 1 heterocycles. The van der Waals surface area contributed by atoms with Crippen LogP contribution in [0.2, 0.25) is 0 Å². The van der Waals surface area contributed by atoms with Crippen LogP contribution in [-0.4, -0.2) is 50.8 Å². The molecule has 0 aromatic carbocycles.